The van der Waals surface area contributed by atoms with Gasteiger partial charge < -0.3 is 10.2 Å². The molecule has 0 aliphatic heterocycles. The molecule has 3 nitrogen and oxygen atoms in total. The molecule has 4 aliphatic carbocycles. The minimum atomic E-state index is -2.32. The molecule has 4 aliphatic rings. The van der Waals surface area contributed by atoms with Gasteiger partial charge in [0.15, 0.2) is 5.78 Å². The van der Waals surface area contributed by atoms with Crippen molar-refractivity contribution in [1.29, 1.82) is 0 Å². The van der Waals surface area contributed by atoms with Crippen molar-refractivity contribution in [2.45, 2.75) is 70.9 Å². The lowest BCUT2D eigenvalue weighted by atomic mass is 9.46. The molecule has 5 unspecified atom stereocenters. The van der Waals surface area contributed by atoms with Gasteiger partial charge >= 0.3 is 0 Å². The molecule has 22 heavy (non-hydrogen) atoms. The molecular weight excluding hydrogens is 276 g/mol. The molecule has 3 heteroatoms. The fraction of sp³-hybridized carbons (Fsp3) is 0.842. The Morgan fingerprint density at radius 1 is 1.32 bits per heavy atom. The number of ketones is 1. The lowest BCUT2D eigenvalue weighted by Gasteiger charge is -2.59. The number of fused-ring (bicyclic) bond motifs is 5. The summed E-state index contributed by atoms with van der Waals surface area (Å²) in [5.41, 5.74) is -2.18. The molecule has 2 N–H and O–H groups in total. The normalized spacial score (nSPS) is 66.3. The van der Waals surface area contributed by atoms with Crippen LogP contribution < -0.4 is 0 Å². The van der Waals surface area contributed by atoms with Gasteiger partial charge in [0.05, 0.1) is 13.6 Å². The number of carbonyl (C=O) groups excluding carboxylic acids is 1. The Morgan fingerprint density at radius 3 is 2.86 bits per heavy atom. The molecule has 0 aromatic heterocycles. The van der Waals surface area contributed by atoms with Crippen LogP contribution in [-0.2, 0) is 4.79 Å². The number of hydrogen-bond acceptors (Lipinski definition) is 3. The van der Waals surface area contributed by atoms with Crippen LogP contribution in [0.25, 0.3) is 0 Å². The van der Waals surface area contributed by atoms with E-state index in [1.165, 1.54) is 0 Å². The van der Waals surface area contributed by atoms with E-state index in [9.17, 15) is 15.0 Å². The highest BCUT2D eigenvalue weighted by atomic mass is 16.3. The number of hydrogen-bond donors (Lipinski definition) is 2. The van der Waals surface area contributed by atoms with Gasteiger partial charge in [-0.3, -0.25) is 4.79 Å². The van der Waals surface area contributed by atoms with E-state index in [4.69, 9.17) is 9.60 Å². The fourth-order valence-corrected chi connectivity index (χ4v) is 5.49. The lowest BCUT2D eigenvalue weighted by molar-refractivity contribution is -0.142. The van der Waals surface area contributed by atoms with Crippen LogP contribution in [0.3, 0.4) is 0 Å². The van der Waals surface area contributed by atoms with Crippen molar-refractivity contribution in [3.05, 3.63) is 11.6 Å². The van der Waals surface area contributed by atoms with E-state index in [0.29, 0.717) is 0 Å². The molecule has 3 fully saturated rings. The highest BCUT2D eigenvalue weighted by molar-refractivity contribution is 5.91. The van der Waals surface area contributed by atoms with Crippen LogP contribution in [0, 0.1) is 28.6 Å². The minimum Gasteiger partial charge on any atom is -0.393 e. The molecule has 0 bridgehead atoms. The molecule has 122 valence electrons. The standard InChI is InChI=1S/C19H28O3/c1-18-8-7-12(20)9-11(18)3-4-13-14-5-6-16(22)19(14,2)10-15(21)17(13)18/h9,13-17,21-22H,3-8,10H2,1-2H3/t13?,14?,15-,16-,17?,18?,19?/m0/s1/i3D2,6D2,7D2,9D. The predicted molar refractivity (Wildman–Crippen MR) is 84.1 cm³/mol. The summed E-state index contributed by atoms with van der Waals surface area (Å²) in [5, 5.41) is 21.8. The first kappa shape index (κ1) is 8.98. The summed E-state index contributed by atoms with van der Waals surface area (Å²) >= 11 is 0. The zero-order valence-electron chi connectivity index (χ0n) is 20.0. The van der Waals surface area contributed by atoms with Crippen LogP contribution >= 0.6 is 0 Å². The summed E-state index contributed by atoms with van der Waals surface area (Å²) < 4.78 is 58.3. The minimum absolute atomic E-state index is 0.0319. The summed E-state index contributed by atoms with van der Waals surface area (Å²) in [7, 11) is 0. The fourth-order valence-electron chi connectivity index (χ4n) is 5.49. The molecule has 0 saturated heterocycles. The molecule has 0 radical (unpaired) electrons. The number of carbonyl (C=O) groups is 1. The van der Waals surface area contributed by atoms with Crippen molar-refractivity contribution in [2.75, 3.05) is 0 Å². The van der Waals surface area contributed by atoms with Crippen molar-refractivity contribution in [3.8, 4) is 0 Å². The van der Waals surface area contributed by atoms with Gasteiger partial charge in [-0.2, -0.15) is 0 Å². The average molecular weight is 311 g/mol. The second-order valence-electron chi connectivity index (χ2n) is 7.87. The smallest absolute Gasteiger partial charge is 0.155 e. The van der Waals surface area contributed by atoms with Gasteiger partial charge in [0.1, 0.15) is 0 Å². The van der Waals surface area contributed by atoms with Gasteiger partial charge in [0.2, 0.25) is 0 Å². The van der Waals surface area contributed by atoms with Gasteiger partial charge in [0, 0.05) is 14.6 Å². The van der Waals surface area contributed by atoms with Gasteiger partial charge in [0.25, 0.3) is 0 Å². The Balaban J connectivity index is 1.90. The highest BCUT2D eigenvalue weighted by Gasteiger charge is 2.61. The Hall–Kier alpha value is -0.670. The van der Waals surface area contributed by atoms with E-state index in [-0.39, 0.29) is 37.2 Å². The van der Waals surface area contributed by atoms with Crippen molar-refractivity contribution in [2.24, 2.45) is 28.6 Å². The van der Waals surface area contributed by atoms with Gasteiger partial charge in [-0.1, -0.05) is 19.4 Å². The van der Waals surface area contributed by atoms with E-state index in [1.807, 2.05) is 0 Å². The van der Waals surface area contributed by atoms with Gasteiger partial charge in [-0.25, -0.2) is 0 Å². The third-order valence-corrected chi connectivity index (χ3v) is 6.72. The molecular formula is C19H28O3. The second-order valence-corrected chi connectivity index (χ2v) is 7.87. The van der Waals surface area contributed by atoms with Gasteiger partial charge in [-0.05, 0) is 73.1 Å². The van der Waals surface area contributed by atoms with Crippen LogP contribution in [0.1, 0.15) is 68.2 Å². The van der Waals surface area contributed by atoms with Crippen LogP contribution in [0.4, 0.5) is 0 Å². The zero-order valence-corrected chi connectivity index (χ0v) is 13.0. The highest BCUT2D eigenvalue weighted by Crippen LogP contribution is 2.65. The molecule has 0 heterocycles. The maximum Gasteiger partial charge on any atom is 0.155 e. The quantitative estimate of drug-likeness (QED) is 0.723. The number of aliphatic hydroxyl groups excluding tert-OH is 2. The summed E-state index contributed by atoms with van der Waals surface area (Å²) in [6, 6.07) is -0.630. The average Bonchev–Trinajstić information content (AvgIpc) is 2.71. The first-order valence-corrected chi connectivity index (χ1v) is 8.12. The van der Waals surface area contributed by atoms with Crippen molar-refractivity contribution in [3.63, 3.8) is 0 Å². The van der Waals surface area contributed by atoms with Crippen molar-refractivity contribution >= 4 is 5.78 Å². The molecule has 4 rings (SSSR count). The largest absolute Gasteiger partial charge is 0.393 e. The Bertz CT molecular complexity index is 810. The van der Waals surface area contributed by atoms with Crippen molar-refractivity contribution in [1.82, 2.24) is 0 Å². The van der Waals surface area contributed by atoms with Crippen molar-refractivity contribution < 1.29 is 24.6 Å². The summed E-state index contributed by atoms with van der Waals surface area (Å²) in [4.78, 5) is 12.4. The molecule has 0 spiro atoms. The van der Waals surface area contributed by atoms with E-state index < -0.39 is 65.8 Å². The maximum absolute atomic E-state index is 12.4. The first-order valence-electron chi connectivity index (χ1n) is 11.6. The molecule has 0 amide bonds. The number of allylic oxidation sites excluding steroid dienone is 1. The molecule has 7 atom stereocenters. The summed E-state index contributed by atoms with van der Waals surface area (Å²) in [6.45, 7) is 3.39. The number of aliphatic hydroxyl groups is 2. The first-order chi connectivity index (χ1) is 13.0. The van der Waals surface area contributed by atoms with Crippen LogP contribution in [0.5, 0.6) is 0 Å². The van der Waals surface area contributed by atoms with Crippen LogP contribution in [0.2, 0.25) is 0 Å². The summed E-state index contributed by atoms with van der Waals surface area (Å²) in [5.74, 6) is -2.50. The van der Waals surface area contributed by atoms with E-state index >= 15 is 0 Å². The predicted octanol–water partition coefficient (Wildman–Crippen LogP) is 2.85. The third-order valence-electron chi connectivity index (χ3n) is 6.72. The zero-order chi connectivity index (χ0) is 21.9. The van der Waals surface area contributed by atoms with Crippen LogP contribution in [-0.4, -0.2) is 28.2 Å². The Labute approximate surface area is 142 Å². The van der Waals surface area contributed by atoms with E-state index in [1.54, 1.807) is 13.8 Å². The van der Waals surface area contributed by atoms with E-state index in [0.717, 1.165) is 0 Å². The maximum atomic E-state index is 12.4. The Morgan fingerprint density at radius 2 is 2.09 bits per heavy atom. The van der Waals surface area contributed by atoms with E-state index in [2.05, 4.69) is 0 Å². The molecule has 0 aromatic rings. The molecule has 0 aromatic carbocycles. The lowest BCUT2D eigenvalue weighted by Crippen LogP contribution is -2.57. The second kappa shape index (κ2) is 4.67. The SMILES string of the molecule is [2H]C1=C2C([2H])([2H])CC3C([C@@H](O)CC4(C)C3CC([2H])([2H])[C@@H]4O)C2(C)CC([2H])([2H])C1=O. The topological polar surface area (TPSA) is 57.5 Å². The Kier molecular flexibility index (Phi) is 1.91. The number of rotatable bonds is 0. The monoisotopic (exact) mass is 311 g/mol. The molecule has 3 saturated carbocycles. The third kappa shape index (κ3) is 1.78. The summed E-state index contributed by atoms with van der Waals surface area (Å²) in [6.07, 6.45) is -8.74. The van der Waals surface area contributed by atoms with Gasteiger partial charge in [-0.15, -0.1) is 0 Å². The van der Waals surface area contributed by atoms with Crippen LogP contribution in [0.15, 0.2) is 11.6 Å².